The third kappa shape index (κ3) is 10.9. The summed E-state index contributed by atoms with van der Waals surface area (Å²) in [5.41, 5.74) is 0. The maximum absolute atomic E-state index is 13.3. The molecule has 0 aromatic carbocycles. The Balaban J connectivity index is 3.10. The largest absolute Gasteiger partial charge is 0.460 e. The summed E-state index contributed by atoms with van der Waals surface area (Å²) in [5, 5.41) is 27.5. The van der Waals surface area contributed by atoms with Gasteiger partial charge in [0.1, 0.15) is 18.2 Å². The van der Waals surface area contributed by atoms with Crippen LogP contribution in [0.5, 0.6) is 0 Å². The predicted molar refractivity (Wildman–Crippen MR) is 145 cm³/mol. The molecule has 0 aliphatic carbocycles. The minimum absolute atomic E-state index is 0.170. The number of ether oxygens (including phenoxy) is 1. The predicted octanol–water partition coefficient (Wildman–Crippen LogP) is 2.20. The van der Waals surface area contributed by atoms with E-state index in [-0.39, 0.29) is 11.8 Å². The zero-order valence-electron chi connectivity index (χ0n) is 24.1. The number of esters is 1. The summed E-state index contributed by atoms with van der Waals surface area (Å²) in [4.78, 5) is 52.1. The molecule has 1 saturated heterocycles. The van der Waals surface area contributed by atoms with Crippen molar-refractivity contribution in [1.29, 1.82) is 0 Å². The van der Waals surface area contributed by atoms with Crippen molar-refractivity contribution in [2.75, 3.05) is 6.61 Å². The summed E-state index contributed by atoms with van der Waals surface area (Å²) in [6, 6.07) is -3.76. The van der Waals surface area contributed by atoms with Crippen molar-refractivity contribution in [3.8, 4) is 0 Å². The molecule has 0 spiro atoms. The smallest absolute Gasteiger partial charge is 0.331 e. The zero-order valence-corrected chi connectivity index (χ0v) is 24.1. The molecular weight excluding hydrogens is 490 g/mol. The van der Waals surface area contributed by atoms with Crippen LogP contribution in [0.3, 0.4) is 0 Å². The summed E-state index contributed by atoms with van der Waals surface area (Å²) in [5.74, 6) is -4.05. The highest BCUT2D eigenvalue weighted by Gasteiger charge is 2.39. The van der Waals surface area contributed by atoms with Crippen molar-refractivity contribution in [2.24, 2.45) is 17.8 Å². The lowest BCUT2D eigenvalue weighted by Gasteiger charge is -2.31. The maximum Gasteiger partial charge on any atom is 0.331 e. The molecule has 10 nitrogen and oxygen atoms in total. The van der Waals surface area contributed by atoms with Crippen LogP contribution in [0.15, 0.2) is 0 Å². The highest BCUT2D eigenvalue weighted by molar-refractivity contribution is 5.94. The molecule has 3 amide bonds. The van der Waals surface area contributed by atoms with Crippen molar-refractivity contribution in [1.82, 2.24) is 16.0 Å². The molecule has 0 bridgehead atoms. The first-order valence-corrected chi connectivity index (χ1v) is 14.3. The number of hydrogen-bond acceptors (Lipinski definition) is 7. The maximum atomic E-state index is 13.3. The Labute approximate surface area is 228 Å². The molecule has 38 heavy (non-hydrogen) atoms. The lowest BCUT2D eigenvalue weighted by molar-refractivity contribution is -0.162. The van der Waals surface area contributed by atoms with E-state index in [0.717, 1.165) is 25.7 Å². The Morgan fingerprint density at radius 2 is 1.32 bits per heavy atom. The van der Waals surface area contributed by atoms with Crippen molar-refractivity contribution in [3.05, 3.63) is 0 Å². The van der Waals surface area contributed by atoms with E-state index in [2.05, 4.69) is 22.9 Å². The number of aliphatic hydroxyl groups is 2. The standard InChI is InChI=1S/C28H51N3O7/c1-7-8-9-10-11-12-13-14-15-18(4)24-19(5)25(34)30-22(17(2)3)26(35)31-23(20(6)33)27(36)29-21(16-32)28(37)38-24/h17-24,32-33H,7-16H2,1-6H3,(H,29,36)(H,30,34)(H,31,35)/t18-,19-,20+,21+,22+,23+,24-/m0/s1. The number of hydrogen-bond donors (Lipinski definition) is 5. The fourth-order valence-corrected chi connectivity index (χ4v) is 4.75. The zero-order chi connectivity index (χ0) is 28.8. The fourth-order valence-electron chi connectivity index (χ4n) is 4.75. The first kappa shape index (κ1) is 33.8. The number of aliphatic hydroxyl groups excluding tert-OH is 2. The second kappa shape index (κ2) is 17.4. The molecule has 1 aliphatic heterocycles. The SMILES string of the molecule is CCCCCCCCCC[C@H](C)[C@@H]1OC(=O)[C@@H](CO)NC(=O)[C@@H]([C@@H](C)O)NC(=O)[C@@H](C(C)C)NC(=O)[C@H]1C. The minimum atomic E-state index is -1.41. The summed E-state index contributed by atoms with van der Waals surface area (Å²) in [6.07, 6.45) is 7.88. The van der Waals surface area contributed by atoms with E-state index in [4.69, 9.17) is 4.74 Å². The molecule has 0 aromatic rings. The average molecular weight is 542 g/mol. The van der Waals surface area contributed by atoms with Gasteiger partial charge in [-0.25, -0.2) is 4.79 Å². The highest BCUT2D eigenvalue weighted by atomic mass is 16.5. The fraction of sp³-hybridized carbons (Fsp3) is 0.857. The number of amides is 3. The molecule has 7 atom stereocenters. The molecule has 0 unspecified atom stereocenters. The number of carbonyl (C=O) groups is 4. The van der Waals surface area contributed by atoms with Crippen molar-refractivity contribution in [3.63, 3.8) is 0 Å². The highest BCUT2D eigenvalue weighted by Crippen LogP contribution is 2.24. The van der Waals surface area contributed by atoms with Crippen LogP contribution in [0.4, 0.5) is 0 Å². The Morgan fingerprint density at radius 1 is 0.789 bits per heavy atom. The Hall–Kier alpha value is -2.20. The van der Waals surface area contributed by atoms with E-state index in [9.17, 15) is 29.4 Å². The van der Waals surface area contributed by atoms with Gasteiger partial charge in [-0.15, -0.1) is 0 Å². The first-order valence-electron chi connectivity index (χ1n) is 14.3. The summed E-state index contributed by atoms with van der Waals surface area (Å²) in [6.45, 7) is 9.87. The number of cyclic esters (lactones) is 1. The van der Waals surface area contributed by atoms with Gasteiger partial charge in [0.15, 0.2) is 6.04 Å². The van der Waals surface area contributed by atoms with Crippen molar-refractivity contribution < 1.29 is 34.1 Å². The summed E-state index contributed by atoms with van der Waals surface area (Å²) < 4.78 is 5.76. The van der Waals surface area contributed by atoms with Crippen LogP contribution in [0.1, 0.15) is 99.3 Å². The number of carbonyl (C=O) groups excluding carboxylic acids is 4. The molecule has 220 valence electrons. The molecule has 0 saturated carbocycles. The number of nitrogens with one attached hydrogen (secondary N) is 3. The molecule has 1 fully saturated rings. The van der Waals surface area contributed by atoms with Gasteiger partial charge in [-0.2, -0.15) is 0 Å². The van der Waals surface area contributed by atoms with Crippen molar-refractivity contribution >= 4 is 23.7 Å². The van der Waals surface area contributed by atoms with Gasteiger partial charge in [-0.1, -0.05) is 86.0 Å². The van der Waals surface area contributed by atoms with E-state index < -0.39 is 66.5 Å². The monoisotopic (exact) mass is 541 g/mol. The van der Waals surface area contributed by atoms with Gasteiger partial charge in [0.05, 0.1) is 18.6 Å². The van der Waals surface area contributed by atoms with Crippen LogP contribution in [-0.4, -0.2) is 70.8 Å². The lowest BCUT2D eigenvalue weighted by atomic mass is 9.88. The first-order chi connectivity index (χ1) is 17.9. The average Bonchev–Trinajstić information content (AvgIpc) is 2.87. The van der Waals surface area contributed by atoms with E-state index in [1.165, 1.54) is 39.0 Å². The molecule has 1 aliphatic rings. The van der Waals surface area contributed by atoms with Gasteiger partial charge in [-0.3, -0.25) is 14.4 Å². The topological polar surface area (TPSA) is 154 Å². The van der Waals surface area contributed by atoms with Crippen LogP contribution in [-0.2, 0) is 23.9 Å². The second-order valence-electron chi connectivity index (χ2n) is 11.1. The Bertz CT molecular complexity index is 759. The summed E-state index contributed by atoms with van der Waals surface area (Å²) >= 11 is 0. The minimum Gasteiger partial charge on any atom is -0.460 e. The van der Waals surface area contributed by atoms with Crippen LogP contribution < -0.4 is 16.0 Å². The Kier molecular flexibility index (Phi) is 15.5. The van der Waals surface area contributed by atoms with Crippen LogP contribution in [0.2, 0.25) is 0 Å². The lowest BCUT2D eigenvalue weighted by Crippen LogP contribution is -2.60. The third-order valence-electron chi connectivity index (χ3n) is 7.33. The van der Waals surface area contributed by atoms with E-state index in [0.29, 0.717) is 0 Å². The molecule has 10 heteroatoms. The van der Waals surface area contributed by atoms with Gasteiger partial charge in [0, 0.05) is 0 Å². The molecule has 0 aromatic heterocycles. The molecule has 0 radical (unpaired) electrons. The van der Waals surface area contributed by atoms with Crippen LogP contribution >= 0.6 is 0 Å². The third-order valence-corrected chi connectivity index (χ3v) is 7.33. The van der Waals surface area contributed by atoms with Gasteiger partial charge in [0.2, 0.25) is 17.7 Å². The van der Waals surface area contributed by atoms with Crippen LogP contribution in [0.25, 0.3) is 0 Å². The molecule has 1 rings (SSSR count). The summed E-state index contributed by atoms with van der Waals surface area (Å²) in [7, 11) is 0. The van der Waals surface area contributed by atoms with Crippen molar-refractivity contribution in [2.45, 2.75) is 130 Å². The van der Waals surface area contributed by atoms with Gasteiger partial charge < -0.3 is 30.9 Å². The molecule has 5 N–H and O–H groups in total. The molecule has 1 heterocycles. The Morgan fingerprint density at radius 3 is 1.84 bits per heavy atom. The normalized spacial score (nSPS) is 27.2. The number of rotatable bonds is 13. The van der Waals surface area contributed by atoms with Crippen LogP contribution in [0, 0.1) is 17.8 Å². The quantitative estimate of drug-likeness (QED) is 0.177. The van der Waals surface area contributed by atoms with E-state index in [1.807, 2.05) is 6.92 Å². The van der Waals surface area contributed by atoms with Gasteiger partial charge in [-0.05, 0) is 25.2 Å². The molecular formula is C28H51N3O7. The second-order valence-corrected chi connectivity index (χ2v) is 11.1. The van der Waals surface area contributed by atoms with Gasteiger partial charge in [0.25, 0.3) is 0 Å². The van der Waals surface area contributed by atoms with Gasteiger partial charge >= 0.3 is 5.97 Å². The van der Waals surface area contributed by atoms with E-state index >= 15 is 0 Å². The van der Waals surface area contributed by atoms with E-state index in [1.54, 1.807) is 20.8 Å². The number of unbranched alkanes of at least 4 members (excludes halogenated alkanes) is 7.